The van der Waals surface area contributed by atoms with E-state index in [-0.39, 0.29) is 98.4 Å². The molecule has 2 aliphatic rings. The van der Waals surface area contributed by atoms with Crippen LogP contribution in [0.4, 0.5) is 20.2 Å². The molecule has 0 aliphatic carbocycles. The first-order valence-corrected chi connectivity index (χ1v) is 28.2. The van der Waals surface area contributed by atoms with Crippen LogP contribution in [0.25, 0.3) is 0 Å². The van der Waals surface area contributed by atoms with Crippen molar-refractivity contribution in [3.8, 4) is 35.2 Å². The van der Waals surface area contributed by atoms with Crippen LogP contribution in [0.15, 0.2) is 119 Å². The first-order chi connectivity index (χ1) is 40.2. The van der Waals surface area contributed by atoms with Gasteiger partial charge in [0.2, 0.25) is 23.6 Å². The summed E-state index contributed by atoms with van der Waals surface area (Å²) in [4.78, 5) is 92.2. The fourth-order valence-electron chi connectivity index (χ4n) is 10.7. The monoisotopic (exact) mass is 1140 g/mol. The van der Waals surface area contributed by atoms with E-state index in [1.165, 1.54) is 24.3 Å². The van der Waals surface area contributed by atoms with Crippen LogP contribution >= 0.6 is 0 Å². The van der Waals surface area contributed by atoms with Gasteiger partial charge in [0.25, 0.3) is 11.1 Å². The van der Waals surface area contributed by atoms with Gasteiger partial charge in [-0.3, -0.25) is 28.8 Å². The number of rotatable bonds is 22. The zero-order valence-corrected chi connectivity index (χ0v) is 48.7. The quantitative estimate of drug-likeness (QED) is 0.0398. The van der Waals surface area contributed by atoms with Crippen LogP contribution in [-0.4, -0.2) is 98.2 Å². The van der Waals surface area contributed by atoms with Crippen LogP contribution in [0.1, 0.15) is 99.2 Å². The fraction of sp³-hybridized carbons (Fsp3) is 0.364. The Morgan fingerprint density at radius 1 is 0.548 bits per heavy atom. The number of halogens is 2. The molecular formula is C66H72F2N8O8. The van der Waals surface area contributed by atoms with Gasteiger partial charge in [0.05, 0.1) is 23.5 Å². The molecule has 16 nitrogen and oxygen atoms in total. The molecule has 84 heavy (non-hydrogen) atoms. The summed E-state index contributed by atoms with van der Waals surface area (Å²) in [7, 11) is 3.38. The smallest absolute Gasteiger partial charge is 0.251 e. The Morgan fingerprint density at radius 3 is 1.23 bits per heavy atom. The minimum absolute atomic E-state index is 0.0451. The van der Waals surface area contributed by atoms with Gasteiger partial charge in [-0.2, -0.15) is 0 Å². The highest BCUT2D eigenvalue weighted by atomic mass is 19.1. The summed E-state index contributed by atoms with van der Waals surface area (Å²) in [6.45, 7) is 12.2. The molecule has 0 bridgehead atoms. The summed E-state index contributed by atoms with van der Waals surface area (Å²) in [5.74, 6) is 10.3. The number of nitrogens with one attached hydrogen (secondary N) is 6. The number of H-pyrrole nitrogens is 2. The normalized spacial score (nSPS) is 15.0. The molecule has 0 saturated heterocycles. The van der Waals surface area contributed by atoms with Crippen LogP contribution < -0.4 is 51.7 Å². The molecule has 4 amide bonds. The number of carbonyl (C=O) groups excluding carboxylic acids is 4. The third-order valence-electron chi connectivity index (χ3n) is 15.3. The van der Waals surface area contributed by atoms with Gasteiger partial charge in [-0.15, -0.1) is 0 Å². The Morgan fingerprint density at radius 2 is 0.893 bits per heavy atom. The molecule has 18 heteroatoms. The number of nitrogens with zero attached hydrogens (tertiary/aromatic N) is 2. The second-order valence-electron chi connectivity index (χ2n) is 22.5. The summed E-state index contributed by atoms with van der Waals surface area (Å²) in [6.07, 6.45) is 1.82. The van der Waals surface area contributed by atoms with Crippen molar-refractivity contribution in [3.05, 3.63) is 186 Å². The zero-order chi connectivity index (χ0) is 60.3. The lowest BCUT2D eigenvalue weighted by atomic mass is 9.91. The predicted molar refractivity (Wildman–Crippen MR) is 320 cm³/mol. The highest BCUT2D eigenvalue weighted by Gasteiger charge is 2.44. The van der Waals surface area contributed by atoms with Gasteiger partial charge in [-0.1, -0.05) is 90.1 Å². The van der Waals surface area contributed by atoms with Gasteiger partial charge in [-0.25, -0.2) is 8.78 Å². The van der Waals surface area contributed by atoms with Crippen LogP contribution in [0.3, 0.4) is 0 Å². The number of pyridine rings is 2. The first-order valence-electron chi connectivity index (χ1n) is 28.2. The standard InChI is InChI=1S/C66H72F2N8O8/c1-9-51(69-7)61(79)71-53(63(81)75-39-65(3,4)57-55(75)37-45(59(77)73-57)33-41-15-23-47(67)24-16-41)35-43-19-27-49(28-20-43)83-31-13-11-12-14-32-84-50-29-21-44(22-30-50)36-54(72-62(80)52(10-2)70-8)64(82)76-40-66(5,6)58-56(76)38-46(60(78)74-58)34-42-17-25-48(68)26-18-42/h15-30,37-38,51-54,69-70H,9-10,31-36,39-40H2,1-8H3,(H,71,79)(H,72,80)(H,73,77)(H,74,78)/t51-,52-,53-,54-/m0/s1. The average Bonchev–Trinajstić information content (AvgIpc) is 4.06. The summed E-state index contributed by atoms with van der Waals surface area (Å²) in [6, 6.07) is 26.7. The van der Waals surface area contributed by atoms with E-state index in [0.717, 1.165) is 22.3 Å². The summed E-state index contributed by atoms with van der Waals surface area (Å²) in [5.41, 5.74) is 4.46. The molecule has 6 aromatic rings. The van der Waals surface area contributed by atoms with E-state index < -0.39 is 35.0 Å². The van der Waals surface area contributed by atoms with Crippen molar-refractivity contribution < 1.29 is 37.4 Å². The number of amides is 4. The van der Waals surface area contributed by atoms with E-state index in [0.29, 0.717) is 58.2 Å². The van der Waals surface area contributed by atoms with Gasteiger partial charge in [0.15, 0.2) is 0 Å². The van der Waals surface area contributed by atoms with Gasteiger partial charge < -0.3 is 50.5 Å². The van der Waals surface area contributed by atoms with Crippen molar-refractivity contribution in [2.45, 2.75) is 115 Å². The SMILES string of the molecule is CC[C@H](NC)C(=O)N[C@@H](Cc1ccc(OCC#CC#CCOc2ccc(C[C@H](NC(=O)[C@H](CC)NC)C(=O)N3CC(C)(C)c4[nH]c(=O)c(Cc5ccc(F)cc5)cc43)cc2)cc1)C(=O)N1CC(C)(C)c2[nH]c(=O)c(Cc3ccc(F)cc3)cc21. The number of ether oxygens (including phenoxy) is 2. The summed E-state index contributed by atoms with van der Waals surface area (Å²) >= 11 is 0. The van der Waals surface area contributed by atoms with Crippen molar-refractivity contribution >= 4 is 35.0 Å². The molecule has 6 N–H and O–H groups in total. The first kappa shape index (κ1) is 61.2. The maximum absolute atomic E-state index is 14.6. The maximum Gasteiger partial charge on any atom is 0.251 e. The minimum atomic E-state index is -0.955. The Hall–Kier alpha value is -8.84. The van der Waals surface area contributed by atoms with E-state index in [1.54, 1.807) is 84.6 Å². The average molecular weight is 1140 g/mol. The molecule has 438 valence electrons. The van der Waals surface area contributed by atoms with Crippen molar-refractivity contribution in [1.82, 2.24) is 31.2 Å². The molecule has 4 heterocycles. The van der Waals surface area contributed by atoms with Gasteiger partial charge in [0, 0.05) is 72.1 Å². The Labute approximate surface area is 488 Å². The van der Waals surface area contributed by atoms with E-state index in [4.69, 9.17) is 9.47 Å². The van der Waals surface area contributed by atoms with E-state index in [2.05, 4.69) is 54.9 Å². The van der Waals surface area contributed by atoms with Crippen molar-refractivity contribution in [3.63, 3.8) is 0 Å². The second-order valence-corrected chi connectivity index (χ2v) is 22.5. The summed E-state index contributed by atoms with van der Waals surface area (Å²) < 4.78 is 39.1. The van der Waals surface area contributed by atoms with Crippen molar-refractivity contribution in [2.75, 3.05) is 50.2 Å². The summed E-state index contributed by atoms with van der Waals surface area (Å²) in [5, 5.41) is 12.0. The van der Waals surface area contributed by atoms with Gasteiger partial charge >= 0.3 is 0 Å². The minimum Gasteiger partial charge on any atom is -0.481 e. The van der Waals surface area contributed by atoms with Crippen LogP contribution in [0.5, 0.6) is 11.5 Å². The molecule has 0 saturated carbocycles. The number of likely N-dealkylation sites (N-methyl/N-ethyl adjacent to an activating group) is 2. The number of anilines is 2. The van der Waals surface area contributed by atoms with Gasteiger partial charge in [-0.05, 0) is 134 Å². The third kappa shape index (κ3) is 14.9. The number of carbonyl (C=O) groups is 4. The fourth-order valence-corrected chi connectivity index (χ4v) is 10.7. The number of benzene rings is 4. The largest absolute Gasteiger partial charge is 0.481 e. The molecule has 0 unspecified atom stereocenters. The number of aromatic nitrogens is 2. The number of fused-ring (bicyclic) bond motifs is 2. The molecule has 0 spiro atoms. The Balaban J connectivity index is 0.866. The number of hydrogen-bond donors (Lipinski definition) is 6. The maximum atomic E-state index is 14.6. The molecule has 8 rings (SSSR count). The van der Waals surface area contributed by atoms with Crippen LogP contribution in [0.2, 0.25) is 0 Å². The molecule has 0 fully saturated rings. The Kier molecular flexibility index (Phi) is 19.7. The molecule has 2 aliphatic heterocycles. The number of aromatic amines is 2. The lowest BCUT2D eigenvalue weighted by Crippen LogP contribution is -2.54. The van der Waals surface area contributed by atoms with Crippen LogP contribution in [-0.2, 0) is 55.7 Å². The van der Waals surface area contributed by atoms with E-state index in [1.807, 2.05) is 65.8 Å². The predicted octanol–water partition coefficient (Wildman–Crippen LogP) is 6.69. The number of hydrogen-bond acceptors (Lipinski definition) is 10. The molecule has 2 aromatic heterocycles. The van der Waals surface area contributed by atoms with Gasteiger partial charge in [0.1, 0.15) is 48.4 Å². The highest BCUT2D eigenvalue weighted by Crippen LogP contribution is 2.41. The van der Waals surface area contributed by atoms with E-state index in [9.17, 15) is 37.5 Å². The zero-order valence-electron chi connectivity index (χ0n) is 48.7. The Bertz CT molecular complexity index is 3370. The lowest BCUT2D eigenvalue weighted by molar-refractivity contribution is -0.128. The lowest BCUT2D eigenvalue weighted by Gasteiger charge is -2.27. The van der Waals surface area contributed by atoms with E-state index >= 15 is 0 Å². The molecular weight excluding hydrogens is 1070 g/mol. The van der Waals surface area contributed by atoms with Crippen LogP contribution in [0, 0.1) is 35.3 Å². The second kappa shape index (κ2) is 27.0. The molecule has 4 atom stereocenters. The molecule has 0 radical (unpaired) electrons. The topological polar surface area (TPSA) is 207 Å². The third-order valence-corrected chi connectivity index (χ3v) is 15.3. The molecule has 4 aromatic carbocycles. The van der Waals surface area contributed by atoms with Crippen molar-refractivity contribution in [1.29, 1.82) is 0 Å². The highest BCUT2D eigenvalue weighted by molar-refractivity contribution is 6.03. The van der Waals surface area contributed by atoms with Crippen molar-refractivity contribution in [2.24, 2.45) is 0 Å².